The third kappa shape index (κ3) is 32.9. The second kappa shape index (κ2) is 40.8. The van der Waals surface area contributed by atoms with Gasteiger partial charge in [-0.1, -0.05) is 141 Å². The molecular weight excluding hydrogens is 729 g/mol. The number of carbonyl (C=O) groups excluding carboxylic acids is 3. The average molecular weight is 815 g/mol. The molecule has 334 valence electrons. The van der Waals surface area contributed by atoms with Gasteiger partial charge in [-0.15, -0.1) is 0 Å². The van der Waals surface area contributed by atoms with E-state index in [0.29, 0.717) is 19.3 Å². The molecule has 0 aliphatic carbocycles. The van der Waals surface area contributed by atoms with Gasteiger partial charge in [-0.2, -0.15) is 0 Å². The Bertz CT molecular complexity index is 1080. The Morgan fingerprint density at radius 1 is 0.655 bits per heavy atom. The molecule has 3 N–H and O–H groups in total. The Kier molecular flexibility index (Phi) is 37.3. The first kappa shape index (κ1) is 53.0. The average Bonchev–Trinajstić information content (AvgIpc) is 3.75. The number of aromatic nitrogens is 2. The zero-order chi connectivity index (χ0) is 42.0. The summed E-state index contributed by atoms with van der Waals surface area (Å²) in [5.74, 6) is -0.739. The highest BCUT2D eigenvalue weighted by atomic mass is 16.5. The van der Waals surface area contributed by atoms with Gasteiger partial charge in [0.15, 0.2) is 0 Å². The zero-order valence-electron chi connectivity index (χ0n) is 37.2. The van der Waals surface area contributed by atoms with Crippen molar-refractivity contribution in [2.24, 2.45) is 0 Å². The van der Waals surface area contributed by atoms with Crippen molar-refractivity contribution in [3.05, 3.63) is 42.5 Å². The summed E-state index contributed by atoms with van der Waals surface area (Å²) >= 11 is 0. The maximum absolute atomic E-state index is 13.7. The fourth-order valence-electron chi connectivity index (χ4n) is 7.02. The fraction of sp³-hybridized carbons (Fsp3) is 0.792. The number of hydrogen-bond acceptors (Lipinski definition) is 8. The van der Waals surface area contributed by atoms with E-state index in [1.807, 2.05) is 0 Å². The van der Waals surface area contributed by atoms with E-state index in [-0.39, 0.29) is 57.3 Å². The number of aromatic amines is 1. The summed E-state index contributed by atoms with van der Waals surface area (Å²) in [6.45, 7) is 5.14. The molecule has 1 unspecified atom stereocenters. The van der Waals surface area contributed by atoms with Crippen LogP contribution >= 0.6 is 0 Å². The minimum atomic E-state index is -0.634. The maximum Gasteiger partial charge on any atom is 0.305 e. The first-order valence-electron chi connectivity index (χ1n) is 23.7. The van der Waals surface area contributed by atoms with Crippen molar-refractivity contribution in [3.8, 4) is 0 Å². The quantitative estimate of drug-likeness (QED) is 0.0337. The lowest BCUT2D eigenvalue weighted by molar-refractivity contribution is -0.148. The SMILES string of the molecule is CCCCCCCC/C=C\CCCCCCCC(=O)OCCN(CCOC(=O)CCCCCCC/C=C\CCCCCCCC)C(=O)C(Cc1cnc[nH]1)NCCO. The van der Waals surface area contributed by atoms with Crippen LogP contribution in [0.2, 0.25) is 0 Å². The lowest BCUT2D eigenvalue weighted by Gasteiger charge is -2.27. The third-order valence-electron chi connectivity index (χ3n) is 10.6. The molecule has 0 saturated heterocycles. The van der Waals surface area contributed by atoms with Crippen molar-refractivity contribution in [2.45, 2.75) is 206 Å². The number of nitrogens with zero attached hydrogens (tertiary/aromatic N) is 2. The van der Waals surface area contributed by atoms with Crippen LogP contribution in [0.4, 0.5) is 0 Å². The summed E-state index contributed by atoms with van der Waals surface area (Å²) in [6, 6.07) is -0.634. The highest BCUT2D eigenvalue weighted by Gasteiger charge is 2.25. The van der Waals surface area contributed by atoms with Gasteiger partial charge >= 0.3 is 11.9 Å². The van der Waals surface area contributed by atoms with E-state index < -0.39 is 6.04 Å². The first-order chi connectivity index (χ1) is 28.5. The number of allylic oxidation sites excluding steroid dienone is 4. The molecule has 1 aromatic heterocycles. The summed E-state index contributed by atoms with van der Waals surface area (Å²) in [5.41, 5.74) is 0.779. The van der Waals surface area contributed by atoms with Crippen molar-refractivity contribution in [1.82, 2.24) is 20.2 Å². The molecule has 1 rings (SSSR count). The van der Waals surface area contributed by atoms with Gasteiger partial charge in [-0.3, -0.25) is 14.4 Å². The molecule has 0 aliphatic heterocycles. The first-order valence-corrected chi connectivity index (χ1v) is 23.7. The van der Waals surface area contributed by atoms with Crippen LogP contribution in [0, 0.1) is 0 Å². The summed E-state index contributed by atoms with van der Waals surface area (Å²) in [5, 5.41) is 12.6. The Hall–Kier alpha value is -2.98. The molecule has 1 heterocycles. The molecule has 58 heavy (non-hydrogen) atoms. The molecule has 10 nitrogen and oxygen atoms in total. The van der Waals surface area contributed by atoms with E-state index in [4.69, 9.17) is 9.47 Å². The predicted molar refractivity (Wildman–Crippen MR) is 239 cm³/mol. The highest BCUT2D eigenvalue weighted by Crippen LogP contribution is 2.13. The van der Waals surface area contributed by atoms with Gasteiger partial charge in [0.25, 0.3) is 0 Å². The van der Waals surface area contributed by atoms with Gasteiger partial charge in [0.2, 0.25) is 5.91 Å². The number of nitrogens with one attached hydrogen (secondary N) is 2. The van der Waals surface area contributed by atoms with Crippen LogP contribution in [0.15, 0.2) is 36.8 Å². The van der Waals surface area contributed by atoms with Gasteiger partial charge in [0.1, 0.15) is 13.2 Å². The summed E-state index contributed by atoms with van der Waals surface area (Å²) in [4.78, 5) is 47.5. The number of H-pyrrole nitrogens is 1. The number of imidazole rings is 1. The monoisotopic (exact) mass is 815 g/mol. The zero-order valence-corrected chi connectivity index (χ0v) is 37.2. The Balaban J connectivity index is 2.35. The van der Waals surface area contributed by atoms with E-state index in [1.54, 1.807) is 17.4 Å². The van der Waals surface area contributed by atoms with E-state index in [0.717, 1.165) is 57.1 Å². The highest BCUT2D eigenvalue weighted by molar-refractivity contribution is 5.82. The summed E-state index contributed by atoms with van der Waals surface area (Å²) < 4.78 is 11.1. The van der Waals surface area contributed by atoms with Crippen LogP contribution in [0.25, 0.3) is 0 Å². The van der Waals surface area contributed by atoms with Crippen molar-refractivity contribution < 1.29 is 29.0 Å². The van der Waals surface area contributed by atoms with Crippen LogP contribution in [0.1, 0.15) is 199 Å². The van der Waals surface area contributed by atoms with Gasteiger partial charge < -0.3 is 29.8 Å². The number of ether oxygens (including phenoxy) is 2. The Morgan fingerprint density at radius 2 is 1.07 bits per heavy atom. The number of unbranched alkanes of at least 4 members (excludes halogenated alkanes) is 22. The summed E-state index contributed by atoms with van der Waals surface area (Å²) in [7, 11) is 0. The number of amides is 1. The molecule has 1 atom stereocenters. The topological polar surface area (TPSA) is 134 Å². The van der Waals surface area contributed by atoms with Crippen LogP contribution < -0.4 is 5.32 Å². The smallest absolute Gasteiger partial charge is 0.305 e. The van der Waals surface area contributed by atoms with Crippen molar-refractivity contribution in [2.75, 3.05) is 39.5 Å². The van der Waals surface area contributed by atoms with Crippen molar-refractivity contribution >= 4 is 17.8 Å². The number of aliphatic hydroxyl groups is 1. The second-order valence-corrected chi connectivity index (χ2v) is 15.9. The van der Waals surface area contributed by atoms with E-state index >= 15 is 0 Å². The van der Waals surface area contributed by atoms with Gasteiger partial charge in [-0.25, -0.2) is 4.98 Å². The minimum Gasteiger partial charge on any atom is -0.464 e. The number of hydrogen-bond donors (Lipinski definition) is 3. The molecule has 10 heteroatoms. The van der Waals surface area contributed by atoms with E-state index in [2.05, 4.69) is 53.4 Å². The third-order valence-corrected chi connectivity index (χ3v) is 10.6. The van der Waals surface area contributed by atoms with Crippen LogP contribution in [-0.2, 0) is 30.3 Å². The molecule has 1 aromatic rings. The largest absolute Gasteiger partial charge is 0.464 e. The van der Waals surface area contributed by atoms with Crippen LogP contribution in [-0.4, -0.2) is 83.3 Å². The van der Waals surface area contributed by atoms with E-state index in [1.165, 1.54) is 116 Å². The van der Waals surface area contributed by atoms with Crippen molar-refractivity contribution in [1.29, 1.82) is 0 Å². The molecule has 0 aliphatic rings. The summed E-state index contributed by atoms with van der Waals surface area (Å²) in [6.07, 6.45) is 44.8. The lowest BCUT2D eigenvalue weighted by Crippen LogP contribution is -2.50. The fourth-order valence-corrected chi connectivity index (χ4v) is 7.02. The predicted octanol–water partition coefficient (Wildman–Crippen LogP) is 10.9. The Morgan fingerprint density at radius 3 is 1.47 bits per heavy atom. The number of rotatable bonds is 42. The van der Waals surface area contributed by atoms with E-state index in [9.17, 15) is 19.5 Å². The van der Waals surface area contributed by atoms with Crippen molar-refractivity contribution in [3.63, 3.8) is 0 Å². The molecule has 0 spiro atoms. The standard InChI is InChI=1S/C48H86N4O6/c1-3-5-7-9-11-13-15-17-19-21-23-25-27-29-31-33-46(54)57-39-36-52(48(56)45(50-35-38-53)41-44-42-49-43-51-44)37-40-58-47(55)34-32-30-28-26-24-22-20-18-16-14-12-10-8-6-4-2/h17-20,42-43,45,50,53H,3-16,21-41H2,1-2H3,(H,49,51)/b19-17-,20-18-. The maximum atomic E-state index is 13.7. The molecule has 0 aromatic carbocycles. The Labute approximate surface area is 354 Å². The lowest BCUT2D eigenvalue weighted by atomic mass is 10.1. The molecule has 0 fully saturated rings. The normalized spacial score (nSPS) is 12.1. The van der Waals surface area contributed by atoms with Gasteiger partial charge in [0.05, 0.1) is 32.1 Å². The molecule has 1 amide bonds. The van der Waals surface area contributed by atoms with Gasteiger partial charge in [0, 0.05) is 37.7 Å². The molecule has 0 radical (unpaired) electrons. The van der Waals surface area contributed by atoms with Crippen LogP contribution in [0.3, 0.4) is 0 Å². The van der Waals surface area contributed by atoms with Crippen LogP contribution in [0.5, 0.6) is 0 Å². The number of aliphatic hydroxyl groups excluding tert-OH is 1. The minimum absolute atomic E-state index is 0.0648. The molecule has 0 bridgehead atoms. The molecular formula is C48H86N4O6. The second-order valence-electron chi connectivity index (χ2n) is 15.9. The van der Waals surface area contributed by atoms with Gasteiger partial charge in [-0.05, 0) is 64.2 Å². The number of carbonyl (C=O) groups is 3. The number of esters is 2. The molecule has 0 saturated carbocycles.